The highest BCUT2D eigenvalue weighted by molar-refractivity contribution is 7.13. The van der Waals surface area contributed by atoms with E-state index in [4.69, 9.17) is 0 Å². The summed E-state index contributed by atoms with van der Waals surface area (Å²) in [6.07, 6.45) is 3.65. The van der Waals surface area contributed by atoms with Crippen LogP contribution in [0.5, 0.6) is 0 Å². The van der Waals surface area contributed by atoms with Crippen molar-refractivity contribution < 1.29 is 14.4 Å². The monoisotopic (exact) mass is 382 g/mol. The van der Waals surface area contributed by atoms with Crippen molar-refractivity contribution in [3.05, 3.63) is 76.2 Å². The molecule has 0 saturated carbocycles. The molecule has 3 N–H and O–H groups in total. The minimum Gasteiger partial charge on any atom is -0.342 e. The number of rotatable bonds is 5. The number of hydrazine groups is 1. The SMILES string of the molecule is Cc1ccc(C(=O)NCC(=O)NNC(=O)c2ccccc2-n2cccc2)s1. The first-order valence-corrected chi connectivity index (χ1v) is 9.02. The normalized spacial score (nSPS) is 10.3. The maximum absolute atomic E-state index is 12.4. The molecule has 0 atom stereocenters. The zero-order valence-electron chi connectivity index (χ0n) is 14.6. The van der Waals surface area contributed by atoms with Crippen LogP contribution in [0.4, 0.5) is 0 Å². The summed E-state index contributed by atoms with van der Waals surface area (Å²) in [5.74, 6) is -1.30. The summed E-state index contributed by atoms with van der Waals surface area (Å²) in [6.45, 7) is 1.66. The van der Waals surface area contributed by atoms with E-state index in [1.165, 1.54) is 11.3 Å². The van der Waals surface area contributed by atoms with E-state index in [9.17, 15) is 14.4 Å². The fourth-order valence-corrected chi connectivity index (χ4v) is 3.21. The molecule has 2 aromatic heterocycles. The van der Waals surface area contributed by atoms with Gasteiger partial charge in [-0.15, -0.1) is 11.3 Å². The molecule has 7 nitrogen and oxygen atoms in total. The summed E-state index contributed by atoms with van der Waals surface area (Å²) in [4.78, 5) is 37.8. The van der Waals surface area contributed by atoms with E-state index in [1.807, 2.05) is 43.6 Å². The third-order valence-electron chi connectivity index (χ3n) is 3.72. The van der Waals surface area contributed by atoms with E-state index < -0.39 is 11.8 Å². The van der Waals surface area contributed by atoms with E-state index in [1.54, 1.807) is 28.8 Å². The predicted molar refractivity (Wildman–Crippen MR) is 103 cm³/mol. The summed E-state index contributed by atoms with van der Waals surface area (Å²) in [5.41, 5.74) is 5.77. The fourth-order valence-electron chi connectivity index (χ4n) is 2.43. The Morgan fingerprint density at radius 3 is 2.37 bits per heavy atom. The Morgan fingerprint density at radius 1 is 0.926 bits per heavy atom. The van der Waals surface area contributed by atoms with Gasteiger partial charge in [-0.2, -0.15) is 0 Å². The van der Waals surface area contributed by atoms with Gasteiger partial charge < -0.3 is 9.88 Å². The standard InChI is InChI=1S/C19H18N4O3S/c1-13-8-9-16(27-13)19(26)20-12-17(24)21-22-18(25)14-6-2-3-7-15(14)23-10-4-5-11-23/h2-11H,12H2,1H3,(H,20,26)(H,21,24)(H,22,25). The lowest BCUT2D eigenvalue weighted by molar-refractivity contribution is -0.120. The minimum absolute atomic E-state index is 0.241. The number of aryl methyl sites for hydroxylation is 1. The molecule has 0 aliphatic rings. The number of aromatic nitrogens is 1. The van der Waals surface area contributed by atoms with Gasteiger partial charge in [0.1, 0.15) is 0 Å². The summed E-state index contributed by atoms with van der Waals surface area (Å²) in [5, 5.41) is 2.51. The quantitative estimate of drug-likeness (QED) is 0.590. The van der Waals surface area contributed by atoms with Crippen LogP contribution >= 0.6 is 11.3 Å². The summed E-state index contributed by atoms with van der Waals surface area (Å²) >= 11 is 1.35. The van der Waals surface area contributed by atoms with Gasteiger partial charge in [0.2, 0.25) is 0 Å². The van der Waals surface area contributed by atoms with Crippen LogP contribution in [0.15, 0.2) is 60.9 Å². The fraction of sp³-hybridized carbons (Fsp3) is 0.105. The second-order valence-corrected chi connectivity index (χ2v) is 6.99. The van der Waals surface area contributed by atoms with Gasteiger partial charge in [0.25, 0.3) is 17.7 Å². The van der Waals surface area contributed by atoms with Crippen molar-refractivity contribution in [3.8, 4) is 5.69 Å². The first kappa shape index (κ1) is 18.4. The molecule has 0 aliphatic heterocycles. The number of carbonyl (C=O) groups excluding carboxylic acids is 3. The average Bonchev–Trinajstić information content (AvgIpc) is 3.36. The highest BCUT2D eigenvalue weighted by Gasteiger charge is 2.14. The zero-order valence-corrected chi connectivity index (χ0v) is 15.4. The van der Waals surface area contributed by atoms with E-state index >= 15 is 0 Å². The molecule has 3 rings (SSSR count). The smallest absolute Gasteiger partial charge is 0.271 e. The molecule has 0 bridgehead atoms. The Hall–Kier alpha value is -3.39. The molecule has 3 amide bonds. The van der Waals surface area contributed by atoms with Gasteiger partial charge in [0.15, 0.2) is 0 Å². The molecule has 0 unspecified atom stereocenters. The van der Waals surface area contributed by atoms with Gasteiger partial charge in [-0.05, 0) is 43.3 Å². The van der Waals surface area contributed by atoms with Crippen LogP contribution in [0.25, 0.3) is 5.69 Å². The third-order valence-corrected chi connectivity index (χ3v) is 4.72. The van der Waals surface area contributed by atoms with E-state index in [2.05, 4.69) is 16.2 Å². The molecule has 0 aliphatic carbocycles. The van der Waals surface area contributed by atoms with Crippen molar-refractivity contribution in [1.29, 1.82) is 0 Å². The van der Waals surface area contributed by atoms with E-state index in [-0.39, 0.29) is 12.5 Å². The van der Waals surface area contributed by atoms with Crippen molar-refractivity contribution in [2.75, 3.05) is 6.54 Å². The molecule has 0 saturated heterocycles. The average molecular weight is 382 g/mol. The molecule has 138 valence electrons. The lowest BCUT2D eigenvalue weighted by atomic mass is 10.1. The van der Waals surface area contributed by atoms with Crippen LogP contribution in [-0.4, -0.2) is 28.8 Å². The topological polar surface area (TPSA) is 92.2 Å². The molecule has 0 spiro atoms. The molecule has 27 heavy (non-hydrogen) atoms. The zero-order chi connectivity index (χ0) is 19.2. The summed E-state index contributed by atoms with van der Waals surface area (Å²) in [7, 11) is 0. The summed E-state index contributed by atoms with van der Waals surface area (Å²) in [6, 6.07) is 14.3. The Bertz CT molecular complexity index is 963. The Labute approximate surface area is 160 Å². The number of hydrogen-bond acceptors (Lipinski definition) is 4. The van der Waals surface area contributed by atoms with Crippen molar-refractivity contribution in [2.45, 2.75) is 6.92 Å². The molecule has 2 heterocycles. The predicted octanol–water partition coefficient (Wildman–Crippen LogP) is 2.04. The van der Waals surface area contributed by atoms with Crippen LogP contribution in [-0.2, 0) is 4.79 Å². The number of nitrogens with one attached hydrogen (secondary N) is 3. The number of carbonyl (C=O) groups is 3. The van der Waals surface area contributed by atoms with Gasteiger partial charge in [-0.25, -0.2) is 0 Å². The Morgan fingerprint density at radius 2 is 1.67 bits per heavy atom. The number of para-hydroxylation sites is 1. The molecular formula is C19H18N4O3S. The third kappa shape index (κ3) is 4.62. The molecule has 8 heteroatoms. The number of nitrogens with zero attached hydrogens (tertiary/aromatic N) is 1. The number of amides is 3. The van der Waals surface area contributed by atoms with Crippen molar-refractivity contribution >= 4 is 29.1 Å². The minimum atomic E-state index is -0.525. The Balaban J connectivity index is 1.54. The van der Waals surface area contributed by atoms with Crippen LogP contribution in [0.3, 0.4) is 0 Å². The first-order valence-electron chi connectivity index (χ1n) is 8.21. The number of thiophene rings is 1. The van der Waals surface area contributed by atoms with Crippen molar-refractivity contribution in [3.63, 3.8) is 0 Å². The summed E-state index contributed by atoms with van der Waals surface area (Å²) < 4.78 is 1.81. The van der Waals surface area contributed by atoms with Crippen LogP contribution in [0.2, 0.25) is 0 Å². The maximum atomic E-state index is 12.4. The second-order valence-electron chi connectivity index (χ2n) is 5.70. The van der Waals surface area contributed by atoms with Gasteiger partial charge in [0.05, 0.1) is 22.7 Å². The van der Waals surface area contributed by atoms with Crippen molar-refractivity contribution in [2.24, 2.45) is 0 Å². The first-order chi connectivity index (χ1) is 13.0. The van der Waals surface area contributed by atoms with E-state index in [0.29, 0.717) is 16.1 Å². The van der Waals surface area contributed by atoms with Crippen molar-refractivity contribution in [1.82, 2.24) is 20.7 Å². The largest absolute Gasteiger partial charge is 0.342 e. The van der Waals surface area contributed by atoms with Crippen LogP contribution < -0.4 is 16.2 Å². The Kier molecular flexibility index (Phi) is 5.68. The molecule has 3 aromatic rings. The second kappa shape index (κ2) is 8.33. The number of benzene rings is 1. The maximum Gasteiger partial charge on any atom is 0.271 e. The van der Waals surface area contributed by atoms with Gasteiger partial charge in [0, 0.05) is 17.3 Å². The van der Waals surface area contributed by atoms with Gasteiger partial charge in [-0.3, -0.25) is 25.2 Å². The highest BCUT2D eigenvalue weighted by atomic mass is 32.1. The highest BCUT2D eigenvalue weighted by Crippen LogP contribution is 2.15. The van der Waals surface area contributed by atoms with Crippen LogP contribution in [0.1, 0.15) is 24.9 Å². The lowest BCUT2D eigenvalue weighted by Crippen LogP contribution is -2.46. The van der Waals surface area contributed by atoms with Gasteiger partial charge in [-0.1, -0.05) is 12.1 Å². The van der Waals surface area contributed by atoms with Crippen LogP contribution in [0, 0.1) is 6.92 Å². The van der Waals surface area contributed by atoms with E-state index in [0.717, 1.165) is 4.88 Å². The molecule has 1 aromatic carbocycles. The lowest BCUT2D eigenvalue weighted by Gasteiger charge is -2.12. The molecule has 0 fully saturated rings. The molecule has 0 radical (unpaired) electrons. The number of hydrogen-bond donors (Lipinski definition) is 3. The molecular weight excluding hydrogens is 364 g/mol. The van der Waals surface area contributed by atoms with Gasteiger partial charge >= 0.3 is 0 Å².